The van der Waals surface area contributed by atoms with Crippen LogP contribution in [0.25, 0.3) is 0 Å². The third-order valence-corrected chi connectivity index (χ3v) is 5.73. The third-order valence-electron chi connectivity index (χ3n) is 5.73. The molecule has 0 fully saturated rings. The van der Waals surface area contributed by atoms with Crippen LogP contribution in [-0.4, -0.2) is 57.3 Å². The van der Waals surface area contributed by atoms with E-state index in [2.05, 4.69) is 31.3 Å². The fraction of sp³-hybridized carbons (Fsp3) is 0.880. The van der Waals surface area contributed by atoms with Crippen LogP contribution in [0.1, 0.15) is 110 Å². The zero-order valence-corrected chi connectivity index (χ0v) is 20.0. The fourth-order valence-corrected chi connectivity index (χ4v) is 3.56. The van der Waals surface area contributed by atoms with Gasteiger partial charge >= 0.3 is 0 Å². The molecule has 1 amide bonds. The Bertz CT molecular complexity index is 444. The number of aliphatic hydroxyl groups is 4. The predicted molar refractivity (Wildman–Crippen MR) is 127 cm³/mol. The number of allylic oxidation sites excluding steroid dienone is 2. The maximum absolute atomic E-state index is 12.2. The normalized spacial score (nSPS) is 15.7. The summed E-state index contributed by atoms with van der Waals surface area (Å²) in [5.74, 6) is -0.607. The van der Waals surface area contributed by atoms with Crippen molar-refractivity contribution in [2.45, 2.75) is 135 Å². The second kappa shape index (κ2) is 20.9. The van der Waals surface area contributed by atoms with Gasteiger partial charge in [0, 0.05) is 0 Å². The van der Waals surface area contributed by atoms with Crippen LogP contribution in [0.4, 0.5) is 0 Å². The fourth-order valence-electron chi connectivity index (χ4n) is 3.56. The van der Waals surface area contributed by atoms with Gasteiger partial charge in [-0.05, 0) is 32.1 Å². The second-order valence-corrected chi connectivity index (χ2v) is 8.68. The molecule has 6 heteroatoms. The highest BCUT2D eigenvalue weighted by atomic mass is 16.3. The van der Waals surface area contributed by atoms with Gasteiger partial charge in [0.15, 0.2) is 0 Å². The van der Waals surface area contributed by atoms with Crippen molar-refractivity contribution in [3.05, 3.63) is 12.2 Å². The summed E-state index contributed by atoms with van der Waals surface area (Å²) >= 11 is 0. The zero-order chi connectivity index (χ0) is 23.3. The minimum Gasteiger partial charge on any atom is -0.394 e. The maximum atomic E-state index is 12.2. The number of carbonyl (C=O) groups is 1. The van der Waals surface area contributed by atoms with Gasteiger partial charge in [-0.25, -0.2) is 0 Å². The van der Waals surface area contributed by atoms with Crippen molar-refractivity contribution in [2.75, 3.05) is 6.61 Å². The molecule has 0 aliphatic rings. The molecule has 0 saturated carbocycles. The molecule has 4 unspecified atom stereocenters. The number of hydrogen-bond donors (Lipinski definition) is 5. The van der Waals surface area contributed by atoms with Crippen LogP contribution in [0.15, 0.2) is 12.2 Å². The van der Waals surface area contributed by atoms with Gasteiger partial charge in [-0.3, -0.25) is 4.79 Å². The van der Waals surface area contributed by atoms with Gasteiger partial charge in [0.1, 0.15) is 12.2 Å². The van der Waals surface area contributed by atoms with Gasteiger partial charge < -0.3 is 25.7 Å². The highest BCUT2D eigenvalue weighted by Crippen LogP contribution is 2.13. The van der Waals surface area contributed by atoms with E-state index in [0.29, 0.717) is 12.8 Å². The van der Waals surface area contributed by atoms with E-state index in [1.54, 1.807) is 0 Å². The summed E-state index contributed by atoms with van der Waals surface area (Å²) in [5, 5.41) is 42.6. The topological polar surface area (TPSA) is 110 Å². The van der Waals surface area contributed by atoms with Crippen molar-refractivity contribution in [1.29, 1.82) is 0 Å². The summed E-state index contributed by atoms with van der Waals surface area (Å²) in [5.41, 5.74) is 0. The molecule has 0 spiro atoms. The molecule has 0 heterocycles. The van der Waals surface area contributed by atoms with Crippen LogP contribution in [0.3, 0.4) is 0 Å². The van der Waals surface area contributed by atoms with E-state index in [1.807, 2.05) is 0 Å². The molecule has 0 aliphatic heterocycles. The first-order valence-electron chi connectivity index (χ1n) is 12.6. The first kappa shape index (κ1) is 30.0. The van der Waals surface area contributed by atoms with E-state index < -0.39 is 36.9 Å². The Morgan fingerprint density at radius 2 is 1.32 bits per heavy atom. The van der Waals surface area contributed by atoms with Crippen LogP contribution >= 0.6 is 0 Å². The minimum atomic E-state index is -1.25. The maximum Gasteiger partial charge on any atom is 0.249 e. The number of aliphatic hydroxyl groups excluding tert-OH is 4. The van der Waals surface area contributed by atoms with E-state index in [-0.39, 0.29) is 0 Å². The standard InChI is InChI=1S/C25H49NO5/c1-3-5-7-9-11-12-13-15-17-19-23(29)25(31)26-21(20-27)24(30)22(28)18-16-14-10-8-6-4-2/h9,11,21-24,27-30H,3-8,10,12-20H2,1-2H3,(H,26,31)/b11-9-. The Morgan fingerprint density at radius 3 is 1.97 bits per heavy atom. The van der Waals surface area contributed by atoms with Crippen molar-refractivity contribution < 1.29 is 25.2 Å². The summed E-state index contributed by atoms with van der Waals surface area (Å²) in [4.78, 5) is 12.2. The first-order chi connectivity index (χ1) is 15.0. The predicted octanol–water partition coefficient (Wildman–Crippen LogP) is 3.99. The number of hydrogen-bond acceptors (Lipinski definition) is 5. The quantitative estimate of drug-likeness (QED) is 0.136. The lowest BCUT2D eigenvalue weighted by atomic mass is 9.99. The number of unbranched alkanes of at least 4 members (excludes halogenated alkanes) is 10. The summed E-state index contributed by atoms with van der Waals surface area (Å²) < 4.78 is 0. The molecular formula is C25H49NO5. The highest BCUT2D eigenvalue weighted by Gasteiger charge is 2.28. The van der Waals surface area contributed by atoms with Crippen LogP contribution in [0.2, 0.25) is 0 Å². The molecule has 0 bridgehead atoms. The Hall–Kier alpha value is -0.950. The summed E-state index contributed by atoms with van der Waals surface area (Å²) in [7, 11) is 0. The van der Waals surface area contributed by atoms with Gasteiger partial charge in [0.25, 0.3) is 0 Å². The lowest BCUT2D eigenvalue weighted by Gasteiger charge is -2.27. The number of rotatable bonds is 21. The third kappa shape index (κ3) is 16.4. The molecule has 6 nitrogen and oxygen atoms in total. The van der Waals surface area contributed by atoms with E-state index in [1.165, 1.54) is 32.1 Å². The molecule has 5 N–H and O–H groups in total. The monoisotopic (exact) mass is 443 g/mol. The van der Waals surface area contributed by atoms with Crippen LogP contribution < -0.4 is 5.32 Å². The molecule has 4 atom stereocenters. The molecule has 0 aromatic heterocycles. The van der Waals surface area contributed by atoms with Gasteiger partial charge in [-0.1, -0.05) is 90.2 Å². The van der Waals surface area contributed by atoms with E-state index in [4.69, 9.17) is 0 Å². The van der Waals surface area contributed by atoms with Crippen molar-refractivity contribution in [2.24, 2.45) is 0 Å². The number of amides is 1. The molecule has 0 aliphatic carbocycles. The van der Waals surface area contributed by atoms with Crippen LogP contribution in [0.5, 0.6) is 0 Å². The van der Waals surface area contributed by atoms with Gasteiger partial charge in [-0.15, -0.1) is 0 Å². The van der Waals surface area contributed by atoms with Gasteiger partial charge in [0.05, 0.1) is 18.8 Å². The lowest BCUT2D eigenvalue weighted by Crippen LogP contribution is -2.53. The van der Waals surface area contributed by atoms with Gasteiger partial charge in [-0.2, -0.15) is 0 Å². The Kier molecular flexibility index (Phi) is 20.3. The van der Waals surface area contributed by atoms with Crippen molar-refractivity contribution in [1.82, 2.24) is 5.32 Å². The largest absolute Gasteiger partial charge is 0.394 e. The smallest absolute Gasteiger partial charge is 0.249 e. The van der Waals surface area contributed by atoms with E-state index >= 15 is 0 Å². The SMILES string of the molecule is CCCC/C=C\CCCCCC(O)C(=O)NC(CO)C(O)C(O)CCCCCCCC. The second-order valence-electron chi connectivity index (χ2n) is 8.68. The molecule has 0 rings (SSSR count). The molecule has 0 saturated heterocycles. The Morgan fingerprint density at radius 1 is 0.774 bits per heavy atom. The molecule has 0 aromatic carbocycles. The van der Waals surface area contributed by atoms with Crippen molar-refractivity contribution in [3.63, 3.8) is 0 Å². The summed E-state index contributed by atoms with van der Waals surface area (Å²) in [6.07, 6.45) is 15.5. The molecule has 31 heavy (non-hydrogen) atoms. The van der Waals surface area contributed by atoms with E-state index in [0.717, 1.165) is 51.4 Å². The summed E-state index contributed by atoms with van der Waals surface area (Å²) in [6, 6.07) is -0.981. The van der Waals surface area contributed by atoms with Crippen LogP contribution in [-0.2, 0) is 4.79 Å². The molecule has 0 aromatic rings. The number of nitrogens with one attached hydrogen (secondary N) is 1. The Balaban J connectivity index is 4.06. The zero-order valence-electron chi connectivity index (χ0n) is 20.0. The van der Waals surface area contributed by atoms with Crippen molar-refractivity contribution >= 4 is 5.91 Å². The van der Waals surface area contributed by atoms with Gasteiger partial charge in [0.2, 0.25) is 5.91 Å². The average Bonchev–Trinajstić information content (AvgIpc) is 2.77. The molecular weight excluding hydrogens is 394 g/mol. The molecule has 0 radical (unpaired) electrons. The minimum absolute atomic E-state index is 0.347. The van der Waals surface area contributed by atoms with Crippen LogP contribution in [0, 0.1) is 0 Å². The van der Waals surface area contributed by atoms with E-state index in [9.17, 15) is 25.2 Å². The first-order valence-corrected chi connectivity index (χ1v) is 12.6. The lowest BCUT2D eigenvalue weighted by molar-refractivity contribution is -0.132. The molecule has 184 valence electrons. The average molecular weight is 444 g/mol. The highest BCUT2D eigenvalue weighted by molar-refractivity contribution is 5.80. The van der Waals surface area contributed by atoms with Crippen molar-refractivity contribution in [3.8, 4) is 0 Å². The number of carbonyl (C=O) groups excluding carboxylic acids is 1. The Labute approximate surface area is 190 Å². The summed E-state index contributed by atoms with van der Waals surface area (Å²) in [6.45, 7) is 3.85.